The van der Waals surface area contributed by atoms with Gasteiger partial charge in [-0.05, 0) is 45.7 Å². The average Bonchev–Trinajstić information content (AvgIpc) is 3.49. The van der Waals surface area contributed by atoms with Crippen LogP contribution in [0.25, 0.3) is 75.4 Å². The Hall–Kier alpha value is -3.88. The van der Waals surface area contributed by atoms with Crippen LogP contribution in [0.1, 0.15) is 0 Å². The van der Waals surface area contributed by atoms with Gasteiger partial charge in [-0.3, -0.25) is 0 Å². The fourth-order valence-electron chi connectivity index (χ4n) is 5.52. The quantitative estimate of drug-likeness (QED) is 0.271. The molecule has 7 aromatic rings. The van der Waals surface area contributed by atoms with E-state index in [1.807, 2.05) is 11.3 Å². The number of hydrogen-bond donors (Lipinski definition) is 1. The summed E-state index contributed by atoms with van der Waals surface area (Å²) in [6, 6.07) is 35.7. The van der Waals surface area contributed by atoms with Crippen molar-refractivity contribution >= 4 is 53.2 Å². The molecule has 0 atom stereocenters. The first-order valence-electron chi connectivity index (χ1n) is 10.9. The second-order valence-corrected chi connectivity index (χ2v) is 9.74. The minimum absolute atomic E-state index is 1.20. The number of nitrogens with one attached hydrogen (secondary N) is 1. The maximum atomic E-state index is 3.75. The SMILES string of the molecule is c1cc2c3c(cccc3c1)-c1c-2[nH]c2cc(-c3ccc4c(c3)sc3ccccc34)ccc12. The van der Waals surface area contributed by atoms with Crippen LogP contribution in [0.4, 0.5) is 0 Å². The summed E-state index contributed by atoms with van der Waals surface area (Å²) in [5, 5.41) is 6.68. The molecule has 1 N–H and O–H groups in total. The molecule has 2 heterocycles. The zero-order chi connectivity index (χ0) is 20.8. The lowest BCUT2D eigenvalue weighted by molar-refractivity contribution is 1.48. The molecule has 1 aliphatic rings. The first kappa shape index (κ1) is 16.8. The summed E-state index contributed by atoms with van der Waals surface area (Å²) in [4.78, 5) is 3.75. The molecule has 32 heavy (non-hydrogen) atoms. The van der Waals surface area contributed by atoms with E-state index in [1.54, 1.807) is 0 Å². The monoisotopic (exact) mass is 423 g/mol. The third-order valence-electron chi connectivity index (χ3n) is 6.95. The van der Waals surface area contributed by atoms with Crippen molar-refractivity contribution in [1.29, 1.82) is 0 Å². The number of fused-ring (bicyclic) bond motifs is 8. The van der Waals surface area contributed by atoms with Crippen LogP contribution in [0, 0.1) is 0 Å². The van der Waals surface area contributed by atoms with Crippen LogP contribution < -0.4 is 0 Å². The number of aromatic nitrogens is 1. The molecule has 2 aromatic heterocycles. The van der Waals surface area contributed by atoms with E-state index in [0.717, 1.165) is 0 Å². The molecule has 0 radical (unpaired) electrons. The van der Waals surface area contributed by atoms with Crippen molar-refractivity contribution < 1.29 is 0 Å². The number of thiophene rings is 1. The molecule has 1 nitrogen and oxygen atoms in total. The van der Waals surface area contributed by atoms with Crippen molar-refractivity contribution in [2.75, 3.05) is 0 Å². The van der Waals surface area contributed by atoms with Crippen molar-refractivity contribution in [2.24, 2.45) is 0 Å². The lowest BCUT2D eigenvalue weighted by Crippen LogP contribution is -1.80. The summed E-state index contributed by atoms with van der Waals surface area (Å²) in [5.74, 6) is 0. The first-order chi connectivity index (χ1) is 15.8. The number of benzene rings is 5. The van der Waals surface area contributed by atoms with Crippen LogP contribution in [0.15, 0.2) is 97.1 Å². The van der Waals surface area contributed by atoms with Crippen molar-refractivity contribution in [2.45, 2.75) is 0 Å². The van der Waals surface area contributed by atoms with Gasteiger partial charge in [0.25, 0.3) is 0 Å². The highest BCUT2D eigenvalue weighted by molar-refractivity contribution is 7.25. The van der Waals surface area contributed by atoms with Crippen molar-refractivity contribution in [3.05, 3.63) is 97.1 Å². The Morgan fingerprint density at radius 1 is 0.562 bits per heavy atom. The fourth-order valence-corrected chi connectivity index (χ4v) is 6.67. The van der Waals surface area contributed by atoms with Gasteiger partial charge in [0.05, 0.1) is 5.69 Å². The average molecular weight is 424 g/mol. The zero-order valence-corrected chi connectivity index (χ0v) is 18.0. The molecule has 2 heteroatoms. The van der Waals surface area contributed by atoms with Crippen LogP contribution in [-0.2, 0) is 0 Å². The third-order valence-corrected chi connectivity index (χ3v) is 8.09. The van der Waals surface area contributed by atoms with Gasteiger partial charge in [-0.1, -0.05) is 78.9 Å². The zero-order valence-electron chi connectivity index (χ0n) is 17.1. The van der Waals surface area contributed by atoms with Gasteiger partial charge >= 0.3 is 0 Å². The highest BCUT2D eigenvalue weighted by atomic mass is 32.1. The van der Waals surface area contributed by atoms with E-state index in [2.05, 4.69) is 102 Å². The van der Waals surface area contributed by atoms with Gasteiger partial charge in [0.15, 0.2) is 0 Å². The third kappa shape index (κ3) is 2.08. The summed E-state index contributed by atoms with van der Waals surface area (Å²) in [6.45, 7) is 0. The fraction of sp³-hybridized carbons (Fsp3) is 0. The maximum Gasteiger partial charge on any atom is 0.0551 e. The second kappa shape index (κ2) is 5.87. The molecular formula is C30H17NS. The van der Waals surface area contributed by atoms with Gasteiger partial charge in [0.2, 0.25) is 0 Å². The van der Waals surface area contributed by atoms with Crippen molar-refractivity contribution in [1.82, 2.24) is 4.98 Å². The summed E-state index contributed by atoms with van der Waals surface area (Å²) in [5.41, 5.74) is 8.99. The van der Waals surface area contributed by atoms with Crippen molar-refractivity contribution in [3.63, 3.8) is 0 Å². The van der Waals surface area contributed by atoms with Gasteiger partial charge in [0, 0.05) is 42.2 Å². The molecule has 1 aliphatic carbocycles. The highest BCUT2D eigenvalue weighted by Crippen LogP contribution is 2.50. The predicted octanol–water partition coefficient (Wildman–Crippen LogP) is 9.00. The van der Waals surface area contributed by atoms with E-state index >= 15 is 0 Å². The number of aromatic amines is 1. The topological polar surface area (TPSA) is 15.8 Å². The molecule has 0 aliphatic heterocycles. The van der Waals surface area contributed by atoms with E-state index < -0.39 is 0 Å². The summed E-state index contributed by atoms with van der Waals surface area (Å²) >= 11 is 1.88. The molecule has 0 amide bonds. The predicted molar refractivity (Wildman–Crippen MR) is 139 cm³/mol. The van der Waals surface area contributed by atoms with Crippen LogP contribution >= 0.6 is 11.3 Å². The van der Waals surface area contributed by atoms with Crippen LogP contribution in [-0.4, -0.2) is 4.98 Å². The normalized spacial score (nSPS) is 12.4. The molecule has 148 valence electrons. The largest absolute Gasteiger partial charge is 0.354 e. The van der Waals surface area contributed by atoms with Crippen LogP contribution in [0.2, 0.25) is 0 Å². The molecule has 5 aromatic carbocycles. The van der Waals surface area contributed by atoms with Gasteiger partial charge in [-0.25, -0.2) is 0 Å². The lowest BCUT2D eigenvalue weighted by atomic mass is 9.99. The van der Waals surface area contributed by atoms with E-state index in [0.29, 0.717) is 0 Å². The Morgan fingerprint density at radius 3 is 2.22 bits per heavy atom. The van der Waals surface area contributed by atoms with E-state index in [-0.39, 0.29) is 0 Å². The summed E-state index contributed by atoms with van der Waals surface area (Å²) in [7, 11) is 0. The lowest BCUT2D eigenvalue weighted by Gasteiger charge is -2.05. The van der Waals surface area contributed by atoms with E-state index in [1.165, 1.54) is 75.4 Å². The minimum atomic E-state index is 1.20. The molecule has 0 bridgehead atoms. The molecule has 0 fully saturated rings. The molecule has 0 unspecified atom stereocenters. The molecule has 0 saturated carbocycles. The Bertz CT molecular complexity index is 1880. The second-order valence-electron chi connectivity index (χ2n) is 8.65. The standard InChI is InChI=1S/C30H17NS/c1-2-10-26-20(7-1)21-13-11-19(16-27(21)32-26)18-12-14-22-25(15-18)31-30-24-9-4-6-17-5-3-8-23(28(17)24)29(22)30/h1-16,31H. The van der Waals surface area contributed by atoms with E-state index in [9.17, 15) is 0 Å². The first-order valence-corrected chi connectivity index (χ1v) is 11.8. The molecule has 0 spiro atoms. The maximum absolute atomic E-state index is 3.75. The molecule has 0 saturated heterocycles. The minimum Gasteiger partial charge on any atom is -0.354 e. The van der Waals surface area contributed by atoms with E-state index in [4.69, 9.17) is 0 Å². The molecule has 8 rings (SSSR count). The number of H-pyrrole nitrogens is 1. The van der Waals surface area contributed by atoms with Gasteiger partial charge in [-0.2, -0.15) is 0 Å². The van der Waals surface area contributed by atoms with Gasteiger partial charge in [-0.15, -0.1) is 11.3 Å². The Labute approximate surface area is 188 Å². The Balaban J connectivity index is 1.33. The summed E-state index contributed by atoms with van der Waals surface area (Å²) in [6.07, 6.45) is 0. The Morgan fingerprint density at radius 2 is 1.31 bits per heavy atom. The molecular weight excluding hydrogens is 406 g/mol. The van der Waals surface area contributed by atoms with Crippen LogP contribution in [0.3, 0.4) is 0 Å². The summed E-state index contributed by atoms with van der Waals surface area (Å²) < 4.78 is 2.70. The number of hydrogen-bond acceptors (Lipinski definition) is 1. The smallest absolute Gasteiger partial charge is 0.0551 e. The van der Waals surface area contributed by atoms with Crippen LogP contribution in [0.5, 0.6) is 0 Å². The van der Waals surface area contributed by atoms with Gasteiger partial charge in [0.1, 0.15) is 0 Å². The van der Waals surface area contributed by atoms with Crippen molar-refractivity contribution in [3.8, 4) is 33.5 Å². The van der Waals surface area contributed by atoms with Gasteiger partial charge < -0.3 is 4.98 Å². The Kier molecular flexibility index (Phi) is 3.08. The highest BCUT2D eigenvalue weighted by Gasteiger charge is 2.25. The number of rotatable bonds is 1.